The van der Waals surface area contributed by atoms with Crippen LogP contribution in [0.5, 0.6) is 0 Å². The fraction of sp³-hybridized carbons (Fsp3) is 0.273. The van der Waals surface area contributed by atoms with E-state index < -0.39 is 11.9 Å². The number of carbonyl (C=O) groups excluding carboxylic acids is 3. The molecule has 0 aromatic heterocycles. The highest BCUT2D eigenvalue weighted by Gasteiger charge is 2.34. The Labute approximate surface area is 174 Å². The number of anilines is 2. The summed E-state index contributed by atoms with van der Waals surface area (Å²) in [6.07, 6.45) is 1.63. The van der Waals surface area contributed by atoms with Gasteiger partial charge in [-0.15, -0.1) is 0 Å². The van der Waals surface area contributed by atoms with Crippen LogP contribution in [0.25, 0.3) is 0 Å². The molecule has 0 aliphatic carbocycles. The van der Waals surface area contributed by atoms with Crippen molar-refractivity contribution in [3.05, 3.63) is 60.2 Å². The van der Waals surface area contributed by atoms with Crippen LogP contribution < -0.4 is 21.0 Å². The topological polar surface area (TPSA) is 108 Å². The van der Waals surface area contributed by atoms with Gasteiger partial charge in [-0.2, -0.15) is 5.10 Å². The molecular weight excluding hydrogens is 382 g/mol. The first-order chi connectivity index (χ1) is 14.5. The number of hydrazone groups is 1. The average molecular weight is 405 g/mol. The van der Waals surface area contributed by atoms with Gasteiger partial charge in [0.2, 0.25) is 11.8 Å². The standard InChI is InChI=1S/C22H23N5O3/c23-21(29)19-13-18(25-27(19)17-5-2-1-3-6-17)22(30)24-14-15-8-10-16(11-9-15)26-12-4-7-20(26)28/h1-3,5-6,8-11,19H,4,7,12-14H2,(H2,23,29)(H,24,30)/t19-/m0/s1. The van der Waals surface area contributed by atoms with Gasteiger partial charge < -0.3 is 16.0 Å². The van der Waals surface area contributed by atoms with Crippen molar-refractivity contribution < 1.29 is 14.4 Å². The Kier molecular flexibility index (Phi) is 5.47. The summed E-state index contributed by atoms with van der Waals surface area (Å²) >= 11 is 0. The molecule has 154 valence electrons. The van der Waals surface area contributed by atoms with Crippen LogP contribution in [0.15, 0.2) is 59.7 Å². The minimum Gasteiger partial charge on any atom is -0.368 e. The third-order valence-corrected chi connectivity index (χ3v) is 5.30. The van der Waals surface area contributed by atoms with Gasteiger partial charge >= 0.3 is 0 Å². The van der Waals surface area contributed by atoms with Gasteiger partial charge in [0.05, 0.1) is 5.69 Å². The van der Waals surface area contributed by atoms with E-state index in [9.17, 15) is 14.4 Å². The third-order valence-electron chi connectivity index (χ3n) is 5.30. The zero-order valence-electron chi connectivity index (χ0n) is 16.5. The number of primary amides is 1. The lowest BCUT2D eigenvalue weighted by Crippen LogP contribution is -2.39. The molecule has 1 saturated heterocycles. The molecule has 2 heterocycles. The van der Waals surface area contributed by atoms with E-state index >= 15 is 0 Å². The van der Waals surface area contributed by atoms with Crippen molar-refractivity contribution in [2.24, 2.45) is 10.8 Å². The molecule has 0 saturated carbocycles. The minimum atomic E-state index is -0.689. The van der Waals surface area contributed by atoms with E-state index in [2.05, 4.69) is 10.4 Å². The SMILES string of the molecule is NC(=O)[C@@H]1CC(C(=O)NCc2ccc(N3CCCC3=O)cc2)=NN1c1ccccc1. The number of nitrogens with one attached hydrogen (secondary N) is 1. The normalized spacial score (nSPS) is 18.5. The average Bonchev–Trinajstić information content (AvgIpc) is 3.40. The van der Waals surface area contributed by atoms with Crippen LogP contribution in [-0.2, 0) is 20.9 Å². The van der Waals surface area contributed by atoms with Gasteiger partial charge in [-0.05, 0) is 36.2 Å². The molecule has 30 heavy (non-hydrogen) atoms. The molecule has 2 aliphatic heterocycles. The molecular formula is C22H23N5O3. The van der Waals surface area contributed by atoms with Gasteiger partial charge in [0, 0.05) is 31.6 Å². The molecule has 0 radical (unpaired) electrons. The first-order valence-electron chi connectivity index (χ1n) is 9.91. The Morgan fingerprint density at radius 2 is 1.80 bits per heavy atom. The number of carbonyl (C=O) groups is 3. The first kappa shape index (κ1) is 19.6. The molecule has 0 bridgehead atoms. The summed E-state index contributed by atoms with van der Waals surface area (Å²) < 4.78 is 0. The van der Waals surface area contributed by atoms with Gasteiger partial charge in [0.1, 0.15) is 11.8 Å². The molecule has 3 amide bonds. The summed E-state index contributed by atoms with van der Waals surface area (Å²) in [5, 5.41) is 8.68. The van der Waals surface area contributed by atoms with E-state index in [-0.39, 0.29) is 23.9 Å². The van der Waals surface area contributed by atoms with Crippen LogP contribution in [0.2, 0.25) is 0 Å². The summed E-state index contributed by atoms with van der Waals surface area (Å²) in [4.78, 5) is 38.1. The predicted octanol–water partition coefficient (Wildman–Crippen LogP) is 1.55. The molecule has 8 nitrogen and oxygen atoms in total. The predicted molar refractivity (Wildman–Crippen MR) is 114 cm³/mol. The Bertz CT molecular complexity index is 988. The van der Waals surface area contributed by atoms with Crippen molar-refractivity contribution in [1.82, 2.24) is 5.32 Å². The van der Waals surface area contributed by atoms with Crippen molar-refractivity contribution in [2.75, 3.05) is 16.5 Å². The van der Waals surface area contributed by atoms with E-state index in [4.69, 9.17) is 5.73 Å². The molecule has 3 N–H and O–H groups in total. The molecule has 2 aromatic rings. The van der Waals surface area contributed by atoms with Gasteiger partial charge in [-0.3, -0.25) is 19.4 Å². The third kappa shape index (κ3) is 4.03. The van der Waals surface area contributed by atoms with Crippen molar-refractivity contribution in [3.8, 4) is 0 Å². The summed E-state index contributed by atoms with van der Waals surface area (Å²) in [7, 11) is 0. The lowest BCUT2D eigenvalue weighted by molar-refractivity contribution is -0.119. The number of rotatable bonds is 6. The monoisotopic (exact) mass is 405 g/mol. The Balaban J connectivity index is 1.40. The van der Waals surface area contributed by atoms with Crippen molar-refractivity contribution >= 4 is 34.8 Å². The van der Waals surface area contributed by atoms with Gasteiger partial charge in [0.15, 0.2) is 0 Å². The molecule has 0 unspecified atom stereocenters. The highest BCUT2D eigenvalue weighted by atomic mass is 16.2. The van der Waals surface area contributed by atoms with E-state index in [0.717, 1.165) is 24.2 Å². The molecule has 2 aromatic carbocycles. The number of hydrogen-bond donors (Lipinski definition) is 2. The quantitative estimate of drug-likeness (QED) is 0.760. The van der Waals surface area contributed by atoms with E-state index in [1.54, 1.807) is 4.90 Å². The van der Waals surface area contributed by atoms with Crippen LogP contribution in [0.4, 0.5) is 11.4 Å². The van der Waals surface area contributed by atoms with Crippen LogP contribution >= 0.6 is 0 Å². The lowest BCUT2D eigenvalue weighted by Gasteiger charge is -2.20. The van der Waals surface area contributed by atoms with Crippen molar-refractivity contribution in [1.29, 1.82) is 0 Å². The zero-order valence-corrected chi connectivity index (χ0v) is 16.5. The molecule has 8 heteroatoms. The van der Waals surface area contributed by atoms with E-state index in [1.165, 1.54) is 5.01 Å². The van der Waals surface area contributed by atoms with Crippen LogP contribution in [0.3, 0.4) is 0 Å². The summed E-state index contributed by atoms with van der Waals surface area (Å²) in [5.74, 6) is -0.724. The molecule has 1 fully saturated rings. The second kappa shape index (κ2) is 8.36. The zero-order chi connectivity index (χ0) is 21.1. The Morgan fingerprint density at radius 1 is 1.07 bits per heavy atom. The maximum atomic E-state index is 12.6. The summed E-state index contributed by atoms with van der Waals surface area (Å²) in [5.41, 5.74) is 8.26. The maximum absolute atomic E-state index is 12.6. The molecule has 4 rings (SSSR count). The van der Waals surface area contributed by atoms with E-state index in [1.807, 2.05) is 54.6 Å². The van der Waals surface area contributed by atoms with Crippen LogP contribution in [0.1, 0.15) is 24.8 Å². The second-order valence-corrected chi connectivity index (χ2v) is 7.35. The van der Waals surface area contributed by atoms with Crippen LogP contribution in [0, 0.1) is 0 Å². The number of para-hydroxylation sites is 1. The summed E-state index contributed by atoms with van der Waals surface area (Å²) in [6.45, 7) is 1.06. The number of nitrogens with two attached hydrogens (primary N) is 1. The highest BCUT2D eigenvalue weighted by molar-refractivity contribution is 6.40. The smallest absolute Gasteiger partial charge is 0.267 e. The van der Waals surface area contributed by atoms with Crippen LogP contribution in [-0.4, -0.2) is 36.0 Å². The number of nitrogens with zero attached hydrogens (tertiary/aromatic N) is 3. The second-order valence-electron chi connectivity index (χ2n) is 7.35. The fourth-order valence-corrected chi connectivity index (χ4v) is 3.69. The van der Waals surface area contributed by atoms with Gasteiger partial charge in [0.25, 0.3) is 5.91 Å². The number of hydrogen-bond acceptors (Lipinski definition) is 5. The molecule has 1 atom stereocenters. The molecule has 2 aliphatic rings. The van der Waals surface area contributed by atoms with Crippen molar-refractivity contribution in [3.63, 3.8) is 0 Å². The first-order valence-corrected chi connectivity index (χ1v) is 9.91. The minimum absolute atomic E-state index is 0.141. The molecule has 0 spiro atoms. The fourth-order valence-electron chi connectivity index (χ4n) is 3.69. The highest BCUT2D eigenvalue weighted by Crippen LogP contribution is 2.24. The van der Waals surface area contributed by atoms with Crippen molar-refractivity contribution in [2.45, 2.75) is 31.8 Å². The maximum Gasteiger partial charge on any atom is 0.267 e. The number of benzene rings is 2. The number of amides is 3. The Morgan fingerprint density at radius 3 is 2.43 bits per heavy atom. The van der Waals surface area contributed by atoms with Gasteiger partial charge in [-0.25, -0.2) is 0 Å². The van der Waals surface area contributed by atoms with E-state index in [0.29, 0.717) is 18.7 Å². The van der Waals surface area contributed by atoms with Gasteiger partial charge in [-0.1, -0.05) is 30.3 Å². The summed E-state index contributed by atoms with van der Waals surface area (Å²) in [6, 6.07) is 16.0. The Hall–Kier alpha value is -3.68. The largest absolute Gasteiger partial charge is 0.368 e. The lowest BCUT2D eigenvalue weighted by atomic mass is 10.1.